The summed E-state index contributed by atoms with van der Waals surface area (Å²) in [5.74, 6) is 0.272. The van der Waals surface area contributed by atoms with Crippen LogP contribution < -0.4 is 5.73 Å². The fourth-order valence-electron chi connectivity index (χ4n) is 2.53. The van der Waals surface area contributed by atoms with Gasteiger partial charge in [0.2, 0.25) is 0 Å². The van der Waals surface area contributed by atoms with Crippen LogP contribution in [-0.4, -0.2) is 9.78 Å². The lowest BCUT2D eigenvalue weighted by atomic mass is 10.1. The van der Waals surface area contributed by atoms with Crippen molar-refractivity contribution >= 4 is 17.4 Å². The predicted molar refractivity (Wildman–Crippen MR) is 88.2 cm³/mol. The lowest BCUT2D eigenvalue weighted by Crippen LogP contribution is -2.08. The van der Waals surface area contributed by atoms with Gasteiger partial charge in [0, 0.05) is 10.6 Å². The summed E-state index contributed by atoms with van der Waals surface area (Å²) < 4.78 is 40.0. The third kappa shape index (κ3) is 2.97. The summed E-state index contributed by atoms with van der Waals surface area (Å²) in [5, 5.41) is 4.88. The van der Waals surface area contributed by atoms with Gasteiger partial charge in [-0.2, -0.15) is 18.3 Å². The molecule has 0 aliphatic heterocycles. The Hall–Kier alpha value is -2.47. The predicted octanol–water partition coefficient (Wildman–Crippen LogP) is 5.10. The number of rotatable bonds is 2. The van der Waals surface area contributed by atoms with Crippen LogP contribution >= 0.6 is 11.6 Å². The Labute approximate surface area is 141 Å². The van der Waals surface area contributed by atoms with Gasteiger partial charge in [-0.1, -0.05) is 29.8 Å². The number of nitrogens with two attached hydrogens (primary N) is 1. The fraction of sp³-hybridized carbons (Fsp3) is 0.118. The van der Waals surface area contributed by atoms with Gasteiger partial charge in [-0.25, -0.2) is 4.68 Å². The van der Waals surface area contributed by atoms with Crippen molar-refractivity contribution in [1.29, 1.82) is 0 Å². The van der Waals surface area contributed by atoms with Crippen molar-refractivity contribution in [3.05, 3.63) is 64.8 Å². The maximum Gasteiger partial charge on any atom is 0.416 e. The first kappa shape index (κ1) is 16.4. The molecule has 2 N–H and O–H groups in total. The highest BCUT2D eigenvalue weighted by Crippen LogP contribution is 2.34. The normalized spacial score (nSPS) is 11.7. The summed E-state index contributed by atoms with van der Waals surface area (Å²) in [6.07, 6.45) is -4.42. The largest absolute Gasteiger partial charge is 0.416 e. The summed E-state index contributed by atoms with van der Waals surface area (Å²) in [6, 6.07) is 11.9. The van der Waals surface area contributed by atoms with Crippen LogP contribution in [0.1, 0.15) is 11.3 Å². The van der Waals surface area contributed by atoms with Crippen LogP contribution in [0.25, 0.3) is 16.8 Å². The molecule has 2 aromatic carbocycles. The maximum absolute atomic E-state index is 12.9. The SMILES string of the molecule is Cc1nn(-c2cccc(C(F)(F)F)c2)c(N)c1-c1ccc(Cl)cc1. The summed E-state index contributed by atoms with van der Waals surface area (Å²) in [7, 11) is 0. The molecule has 7 heteroatoms. The summed E-state index contributed by atoms with van der Waals surface area (Å²) in [5.41, 5.74) is 7.74. The Kier molecular flexibility index (Phi) is 4.01. The number of halogens is 4. The molecule has 0 spiro atoms. The van der Waals surface area contributed by atoms with Crippen molar-refractivity contribution in [1.82, 2.24) is 9.78 Å². The first-order chi connectivity index (χ1) is 11.3. The molecule has 0 atom stereocenters. The van der Waals surface area contributed by atoms with Gasteiger partial charge in [0.05, 0.1) is 16.9 Å². The standard InChI is InChI=1S/C17H13ClF3N3/c1-10-15(11-5-7-13(18)8-6-11)16(22)24(23-10)14-4-2-3-12(9-14)17(19,20)21/h2-9H,22H2,1H3. The van der Waals surface area contributed by atoms with Gasteiger partial charge >= 0.3 is 6.18 Å². The van der Waals surface area contributed by atoms with E-state index in [1.807, 2.05) is 0 Å². The molecule has 0 radical (unpaired) electrons. The number of hydrogen-bond acceptors (Lipinski definition) is 2. The molecule has 3 rings (SSSR count). The minimum Gasteiger partial charge on any atom is -0.383 e. The Morgan fingerprint density at radius 3 is 2.38 bits per heavy atom. The number of nitrogen functional groups attached to an aromatic ring is 1. The first-order valence-corrected chi connectivity index (χ1v) is 7.44. The zero-order valence-corrected chi connectivity index (χ0v) is 13.4. The van der Waals surface area contributed by atoms with Crippen LogP contribution in [0.2, 0.25) is 5.02 Å². The van der Waals surface area contributed by atoms with Crippen LogP contribution in [0, 0.1) is 6.92 Å². The third-order valence-corrected chi connectivity index (χ3v) is 3.90. The molecule has 124 valence electrons. The van der Waals surface area contributed by atoms with E-state index in [9.17, 15) is 13.2 Å². The van der Waals surface area contributed by atoms with Gasteiger partial charge in [0.1, 0.15) is 5.82 Å². The molecule has 3 nitrogen and oxygen atoms in total. The molecule has 0 saturated heterocycles. The fourth-order valence-corrected chi connectivity index (χ4v) is 2.66. The van der Waals surface area contributed by atoms with Crippen molar-refractivity contribution < 1.29 is 13.2 Å². The molecule has 1 heterocycles. The minimum atomic E-state index is -4.42. The van der Waals surface area contributed by atoms with E-state index in [1.54, 1.807) is 31.2 Å². The highest BCUT2D eigenvalue weighted by atomic mass is 35.5. The van der Waals surface area contributed by atoms with E-state index >= 15 is 0 Å². The molecule has 1 aromatic heterocycles. The van der Waals surface area contributed by atoms with Gasteiger partial charge in [-0.05, 0) is 42.8 Å². The van der Waals surface area contributed by atoms with Crippen LogP contribution in [-0.2, 0) is 6.18 Å². The second-order valence-electron chi connectivity index (χ2n) is 5.31. The highest BCUT2D eigenvalue weighted by molar-refractivity contribution is 6.30. The number of aryl methyl sites for hydroxylation is 1. The first-order valence-electron chi connectivity index (χ1n) is 7.06. The number of benzene rings is 2. The summed E-state index contributed by atoms with van der Waals surface area (Å²) >= 11 is 5.88. The topological polar surface area (TPSA) is 43.8 Å². The van der Waals surface area contributed by atoms with E-state index in [4.69, 9.17) is 17.3 Å². The average Bonchev–Trinajstić information content (AvgIpc) is 2.83. The Bertz CT molecular complexity index is 883. The maximum atomic E-state index is 12.9. The van der Waals surface area contributed by atoms with Gasteiger partial charge < -0.3 is 5.73 Å². The molecular weight excluding hydrogens is 339 g/mol. The molecule has 0 unspecified atom stereocenters. The van der Waals surface area contributed by atoms with Crippen molar-refractivity contribution in [2.24, 2.45) is 0 Å². The Morgan fingerprint density at radius 1 is 1.08 bits per heavy atom. The molecule has 0 saturated carbocycles. The minimum absolute atomic E-state index is 0.255. The number of anilines is 1. The molecule has 3 aromatic rings. The lowest BCUT2D eigenvalue weighted by molar-refractivity contribution is -0.137. The summed E-state index contributed by atoms with van der Waals surface area (Å²) in [6.45, 7) is 1.75. The van der Waals surface area contributed by atoms with E-state index in [1.165, 1.54) is 16.8 Å². The Balaban J connectivity index is 2.11. The lowest BCUT2D eigenvalue weighted by Gasteiger charge is -2.10. The molecule has 0 amide bonds. The highest BCUT2D eigenvalue weighted by Gasteiger charge is 2.30. The van der Waals surface area contributed by atoms with Crippen molar-refractivity contribution in [2.45, 2.75) is 13.1 Å². The van der Waals surface area contributed by atoms with Crippen LogP contribution in [0.15, 0.2) is 48.5 Å². The number of alkyl halides is 3. The van der Waals surface area contributed by atoms with E-state index in [0.717, 1.165) is 17.7 Å². The Morgan fingerprint density at radius 2 is 1.75 bits per heavy atom. The monoisotopic (exact) mass is 351 g/mol. The van der Waals surface area contributed by atoms with Crippen molar-refractivity contribution in [3.8, 4) is 16.8 Å². The zero-order valence-electron chi connectivity index (χ0n) is 12.6. The van der Waals surface area contributed by atoms with Gasteiger partial charge in [-0.15, -0.1) is 0 Å². The quantitative estimate of drug-likeness (QED) is 0.697. The van der Waals surface area contributed by atoms with Crippen LogP contribution in [0.3, 0.4) is 0 Å². The molecule has 0 bridgehead atoms. The van der Waals surface area contributed by atoms with E-state index in [2.05, 4.69) is 5.10 Å². The van der Waals surface area contributed by atoms with Gasteiger partial charge in [0.25, 0.3) is 0 Å². The second-order valence-corrected chi connectivity index (χ2v) is 5.75. The van der Waals surface area contributed by atoms with Crippen molar-refractivity contribution in [3.63, 3.8) is 0 Å². The smallest absolute Gasteiger partial charge is 0.383 e. The van der Waals surface area contributed by atoms with Crippen molar-refractivity contribution in [2.75, 3.05) is 5.73 Å². The summed E-state index contributed by atoms with van der Waals surface area (Å²) in [4.78, 5) is 0. The van der Waals surface area contributed by atoms with E-state index < -0.39 is 11.7 Å². The number of nitrogens with zero attached hydrogens (tertiary/aromatic N) is 2. The third-order valence-electron chi connectivity index (χ3n) is 3.65. The van der Waals surface area contributed by atoms with Crippen LogP contribution in [0.4, 0.5) is 19.0 Å². The zero-order chi connectivity index (χ0) is 17.5. The molecule has 0 aliphatic carbocycles. The van der Waals surface area contributed by atoms with Crippen LogP contribution in [0.5, 0.6) is 0 Å². The van der Waals surface area contributed by atoms with Gasteiger partial charge in [-0.3, -0.25) is 0 Å². The number of hydrogen-bond donors (Lipinski definition) is 1. The molecular formula is C17H13ClF3N3. The molecule has 24 heavy (non-hydrogen) atoms. The van der Waals surface area contributed by atoms with Gasteiger partial charge in [0.15, 0.2) is 0 Å². The molecule has 0 fully saturated rings. The van der Waals surface area contributed by atoms with E-state index in [-0.39, 0.29) is 11.5 Å². The van der Waals surface area contributed by atoms with E-state index in [0.29, 0.717) is 16.3 Å². The average molecular weight is 352 g/mol. The second kappa shape index (κ2) is 5.87. The molecule has 0 aliphatic rings. The number of aromatic nitrogens is 2.